The van der Waals surface area contributed by atoms with Gasteiger partial charge in [-0.1, -0.05) is 12.5 Å². The SMILES string of the molecule is COc1ccc2[nH]c(CN3CCCC[C@H]3c3ccccn3)c(C)c2c1. The van der Waals surface area contributed by atoms with Gasteiger partial charge in [0, 0.05) is 29.3 Å². The Labute approximate surface area is 148 Å². The standard InChI is InChI=1S/C21H25N3O/c1-15-17-13-16(25-2)9-10-18(17)23-20(15)14-24-12-6-4-8-21(24)19-7-3-5-11-22-19/h3,5,7,9-11,13,21,23H,4,6,8,12,14H2,1-2H3/t21-/m0/s1. The van der Waals surface area contributed by atoms with Crippen molar-refractivity contribution >= 4 is 10.9 Å². The van der Waals surface area contributed by atoms with E-state index in [1.807, 2.05) is 18.3 Å². The number of hydrogen-bond donors (Lipinski definition) is 1. The number of H-pyrrole nitrogens is 1. The fraction of sp³-hybridized carbons (Fsp3) is 0.381. The molecule has 0 spiro atoms. The molecule has 0 saturated carbocycles. The molecule has 4 nitrogen and oxygen atoms in total. The van der Waals surface area contributed by atoms with Gasteiger partial charge < -0.3 is 9.72 Å². The molecule has 0 amide bonds. The van der Waals surface area contributed by atoms with Crippen LogP contribution in [-0.2, 0) is 6.54 Å². The van der Waals surface area contributed by atoms with E-state index in [1.54, 1.807) is 7.11 Å². The molecule has 1 fully saturated rings. The third-order valence-corrected chi connectivity index (χ3v) is 5.37. The Morgan fingerprint density at radius 3 is 2.96 bits per heavy atom. The molecule has 1 saturated heterocycles. The largest absolute Gasteiger partial charge is 0.497 e. The Morgan fingerprint density at radius 1 is 1.24 bits per heavy atom. The van der Waals surface area contributed by atoms with Gasteiger partial charge in [0.25, 0.3) is 0 Å². The fourth-order valence-corrected chi connectivity index (χ4v) is 3.94. The molecule has 0 aliphatic carbocycles. The molecule has 3 heterocycles. The van der Waals surface area contributed by atoms with Crippen molar-refractivity contribution < 1.29 is 4.74 Å². The summed E-state index contributed by atoms with van der Waals surface area (Å²) in [6, 6.07) is 12.9. The van der Waals surface area contributed by atoms with Crippen LogP contribution in [0.4, 0.5) is 0 Å². The number of aryl methyl sites for hydroxylation is 1. The first-order valence-corrected chi connectivity index (χ1v) is 9.06. The zero-order chi connectivity index (χ0) is 17.2. The van der Waals surface area contributed by atoms with Crippen LogP contribution in [0.15, 0.2) is 42.6 Å². The van der Waals surface area contributed by atoms with Gasteiger partial charge in [-0.2, -0.15) is 0 Å². The normalized spacial score (nSPS) is 18.6. The molecule has 0 bridgehead atoms. The Balaban J connectivity index is 1.64. The monoisotopic (exact) mass is 335 g/mol. The van der Waals surface area contributed by atoms with Crippen LogP contribution in [0.1, 0.15) is 42.3 Å². The minimum absolute atomic E-state index is 0.412. The maximum atomic E-state index is 5.38. The average Bonchev–Trinajstić information content (AvgIpc) is 2.98. The van der Waals surface area contributed by atoms with Gasteiger partial charge in [-0.15, -0.1) is 0 Å². The number of benzene rings is 1. The van der Waals surface area contributed by atoms with Crippen LogP contribution in [0.5, 0.6) is 5.75 Å². The molecule has 0 unspecified atom stereocenters. The Hall–Kier alpha value is -2.33. The summed E-state index contributed by atoms with van der Waals surface area (Å²) in [5.74, 6) is 0.908. The summed E-state index contributed by atoms with van der Waals surface area (Å²) in [5, 5.41) is 1.25. The number of aromatic amines is 1. The van der Waals surface area contributed by atoms with Crippen LogP contribution in [0.25, 0.3) is 10.9 Å². The summed E-state index contributed by atoms with van der Waals surface area (Å²) in [7, 11) is 1.72. The van der Waals surface area contributed by atoms with E-state index in [0.717, 1.165) is 18.8 Å². The molecule has 1 aliphatic rings. The number of hydrogen-bond acceptors (Lipinski definition) is 3. The number of pyridine rings is 1. The van der Waals surface area contributed by atoms with Crippen molar-refractivity contribution in [2.75, 3.05) is 13.7 Å². The number of piperidine rings is 1. The van der Waals surface area contributed by atoms with Crippen LogP contribution in [0, 0.1) is 6.92 Å². The second-order valence-corrected chi connectivity index (χ2v) is 6.88. The molecular formula is C21H25N3O. The smallest absolute Gasteiger partial charge is 0.119 e. The van der Waals surface area contributed by atoms with Gasteiger partial charge >= 0.3 is 0 Å². The van der Waals surface area contributed by atoms with E-state index in [2.05, 4.69) is 46.1 Å². The third kappa shape index (κ3) is 3.14. The van der Waals surface area contributed by atoms with Crippen LogP contribution in [0.3, 0.4) is 0 Å². The van der Waals surface area contributed by atoms with Crippen molar-refractivity contribution in [1.82, 2.24) is 14.9 Å². The van der Waals surface area contributed by atoms with E-state index in [0.29, 0.717) is 6.04 Å². The van der Waals surface area contributed by atoms with E-state index < -0.39 is 0 Å². The third-order valence-electron chi connectivity index (χ3n) is 5.37. The van der Waals surface area contributed by atoms with Gasteiger partial charge in [-0.05, 0) is 62.2 Å². The molecular weight excluding hydrogens is 310 g/mol. The van der Waals surface area contributed by atoms with Gasteiger partial charge in [0.1, 0.15) is 5.75 Å². The van der Waals surface area contributed by atoms with Crippen molar-refractivity contribution in [3.63, 3.8) is 0 Å². The number of nitrogens with zero attached hydrogens (tertiary/aromatic N) is 2. The number of likely N-dealkylation sites (tertiary alicyclic amines) is 1. The molecule has 0 radical (unpaired) electrons. The highest BCUT2D eigenvalue weighted by Gasteiger charge is 2.26. The van der Waals surface area contributed by atoms with Crippen molar-refractivity contribution in [3.8, 4) is 5.75 Å². The van der Waals surface area contributed by atoms with Gasteiger partial charge in [0.2, 0.25) is 0 Å². The number of ether oxygens (including phenoxy) is 1. The number of nitrogens with one attached hydrogen (secondary N) is 1. The van der Waals surface area contributed by atoms with Crippen LogP contribution >= 0.6 is 0 Å². The topological polar surface area (TPSA) is 41.1 Å². The Morgan fingerprint density at radius 2 is 2.16 bits per heavy atom. The van der Waals surface area contributed by atoms with E-state index in [4.69, 9.17) is 4.74 Å². The number of rotatable bonds is 4. The summed E-state index contributed by atoms with van der Waals surface area (Å²) in [5.41, 5.74) is 4.99. The zero-order valence-corrected chi connectivity index (χ0v) is 15.0. The van der Waals surface area contributed by atoms with E-state index in [9.17, 15) is 0 Å². The van der Waals surface area contributed by atoms with Crippen molar-refractivity contribution in [3.05, 3.63) is 59.5 Å². The lowest BCUT2D eigenvalue weighted by Gasteiger charge is -2.35. The lowest BCUT2D eigenvalue weighted by Crippen LogP contribution is -2.33. The summed E-state index contributed by atoms with van der Waals surface area (Å²) < 4.78 is 5.38. The van der Waals surface area contributed by atoms with Crippen LogP contribution in [-0.4, -0.2) is 28.5 Å². The number of methoxy groups -OCH3 is 1. The van der Waals surface area contributed by atoms with E-state index in [-0.39, 0.29) is 0 Å². The molecule has 130 valence electrons. The highest BCUT2D eigenvalue weighted by Crippen LogP contribution is 2.33. The zero-order valence-electron chi connectivity index (χ0n) is 15.0. The van der Waals surface area contributed by atoms with Crippen molar-refractivity contribution in [1.29, 1.82) is 0 Å². The van der Waals surface area contributed by atoms with Gasteiger partial charge in [-0.25, -0.2) is 0 Å². The van der Waals surface area contributed by atoms with E-state index in [1.165, 1.54) is 47.1 Å². The van der Waals surface area contributed by atoms with Gasteiger partial charge in [-0.3, -0.25) is 9.88 Å². The van der Waals surface area contributed by atoms with Crippen molar-refractivity contribution in [2.24, 2.45) is 0 Å². The van der Waals surface area contributed by atoms with Gasteiger partial charge in [0.05, 0.1) is 18.8 Å². The molecule has 1 aliphatic heterocycles. The van der Waals surface area contributed by atoms with Gasteiger partial charge in [0.15, 0.2) is 0 Å². The quantitative estimate of drug-likeness (QED) is 0.757. The maximum absolute atomic E-state index is 5.38. The summed E-state index contributed by atoms with van der Waals surface area (Å²) >= 11 is 0. The molecule has 2 aromatic heterocycles. The number of fused-ring (bicyclic) bond motifs is 1. The molecule has 3 aromatic rings. The number of aromatic nitrogens is 2. The first kappa shape index (κ1) is 16.2. The molecule has 1 atom stereocenters. The summed E-state index contributed by atoms with van der Waals surface area (Å²) in [6.45, 7) is 4.26. The molecule has 4 heteroatoms. The second-order valence-electron chi connectivity index (χ2n) is 6.88. The maximum Gasteiger partial charge on any atom is 0.119 e. The predicted octanol–water partition coefficient (Wildman–Crippen LogP) is 4.61. The minimum atomic E-state index is 0.412. The lowest BCUT2D eigenvalue weighted by molar-refractivity contribution is 0.135. The molecule has 1 N–H and O–H groups in total. The lowest BCUT2D eigenvalue weighted by atomic mass is 9.98. The van der Waals surface area contributed by atoms with Crippen LogP contribution < -0.4 is 4.74 Å². The minimum Gasteiger partial charge on any atom is -0.497 e. The van der Waals surface area contributed by atoms with E-state index >= 15 is 0 Å². The molecule has 25 heavy (non-hydrogen) atoms. The first-order chi connectivity index (χ1) is 12.3. The molecule has 1 aromatic carbocycles. The Bertz CT molecular complexity index is 856. The second kappa shape index (κ2) is 6.89. The highest BCUT2D eigenvalue weighted by molar-refractivity contribution is 5.85. The van der Waals surface area contributed by atoms with Crippen LogP contribution in [0.2, 0.25) is 0 Å². The highest BCUT2D eigenvalue weighted by atomic mass is 16.5. The van der Waals surface area contributed by atoms with Crippen molar-refractivity contribution in [2.45, 2.75) is 38.8 Å². The average molecular weight is 335 g/mol. The fourth-order valence-electron chi connectivity index (χ4n) is 3.94. The Kier molecular flexibility index (Phi) is 4.45. The first-order valence-electron chi connectivity index (χ1n) is 9.06. The summed E-state index contributed by atoms with van der Waals surface area (Å²) in [4.78, 5) is 10.8. The predicted molar refractivity (Wildman–Crippen MR) is 101 cm³/mol. The molecule has 4 rings (SSSR count). The summed E-state index contributed by atoms with van der Waals surface area (Å²) in [6.07, 6.45) is 5.63.